The van der Waals surface area contributed by atoms with Crippen LogP contribution in [0.5, 0.6) is 0 Å². The maximum Gasteiger partial charge on any atom is 0.303 e. The molecule has 0 saturated heterocycles. The van der Waals surface area contributed by atoms with Crippen molar-refractivity contribution in [2.75, 3.05) is 5.75 Å². The summed E-state index contributed by atoms with van der Waals surface area (Å²) in [6, 6.07) is 1.36. The number of nitrogens with one attached hydrogen (secondary N) is 1. The van der Waals surface area contributed by atoms with Crippen LogP contribution < -0.4 is 5.56 Å². The van der Waals surface area contributed by atoms with Gasteiger partial charge >= 0.3 is 5.97 Å². The van der Waals surface area contributed by atoms with Crippen molar-refractivity contribution in [3.05, 3.63) is 22.6 Å². The number of carboxylic acid groups (broad SMARTS) is 1. The number of aromatic nitrogens is 2. The highest BCUT2D eigenvalue weighted by Crippen LogP contribution is 2.51. The van der Waals surface area contributed by atoms with Crippen LogP contribution in [0.15, 0.2) is 22.2 Å². The topological polar surface area (TPSA) is 83.0 Å². The van der Waals surface area contributed by atoms with E-state index in [1.54, 1.807) is 0 Å². The molecule has 0 unspecified atom stereocenters. The molecule has 0 radical (unpaired) electrons. The third kappa shape index (κ3) is 2.85. The Labute approximate surface area is 96.3 Å². The molecule has 0 aliphatic heterocycles. The van der Waals surface area contributed by atoms with Gasteiger partial charge in [-0.1, -0.05) is 11.8 Å². The first-order valence-corrected chi connectivity index (χ1v) is 5.98. The first-order valence-electron chi connectivity index (χ1n) is 5.00. The lowest BCUT2D eigenvalue weighted by Crippen LogP contribution is -2.12. The van der Waals surface area contributed by atoms with E-state index in [-0.39, 0.29) is 17.4 Å². The smallest absolute Gasteiger partial charge is 0.303 e. The summed E-state index contributed by atoms with van der Waals surface area (Å²) in [4.78, 5) is 28.3. The molecule has 1 aromatic heterocycles. The predicted molar refractivity (Wildman–Crippen MR) is 59.5 cm³/mol. The highest BCUT2D eigenvalue weighted by molar-refractivity contribution is 7.99. The van der Waals surface area contributed by atoms with Gasteiger partial charge in [0.15, 0.2) is 5.16 Å². The second kappa shape index (κ2) is 4.29. The van der Waals surface area contributed by atoms with E-state index in [9.17, 15) is 9.59 Å². The van der Waals surface area contributed by atoms with Crippen LogP contribution in [0.2, 0.25) is 0 Å². The minimum absolute atomic E-state index is 0.0785. The number of nitrogens with zero attached hydrogens (tertiary/aromatic N) is 1. The summed E-state index contributed by atoms with van der Waals surface area (Å²) in [5.74, 6) is -0.0562. The Hall–Kier alpha value is -1.30. The van der Waals surface area contributed by atoms with E-state index in [4.69, 9.17) is 5.11 Å². The maximum absolute atomic E-state index is 11.0. The SMILES string of the molecule is O=C(O)CC1(CSc2nccc(=O)[nH]2)CC1. The lowest BCUT2D eigenvalue weighted by molar-refractivity contribution is -0.138. The Balaban J connectivity index is 1.92. The summed E-state index contributed by atoms with van der Waals surface area (Å²) in [5.41, 5.74) is -0.258. The first-order chi connectivity index (χ1) is 7.60. The molecule has 0 aromatic carbocycles. The van der Waals surface area contributed by atoms with Crippen molar-refractivity contribution in [1.82, 2.24) is 9.97 Å². The Kier molecular flexibility index (Phi) is 3.00. The molecular weight excluding hydrogens is 228 g/mol. The number of carbonyl (C=O) groups is 1. The van der Waals surface area contributed by atoms with Gasteiger partial charge in [-0.3, -0.25) is 9.59 Å². The van der Waals surface area contributed by atoms with Crippen molar-refractivity contribution >= 4 is 17.7 Å². The number of H-pyrrole nitrogens is 1. The fourth-order valence-corrected chi connectivity index (χ4v) is 2.66. The second-order valence-electron chi connectivity index (χ2n) is 4.10. The van der Waals surface area contributed by atoms with E-state index >= 15 is 0 Å². The van der Waals surface area contributed by atoms with Crippen LogP contribution in [0.3, 0.4) is 0 Å². The zero-order valence-corrected chi connectivity index (χ0v) is 9.42. The molecule has 16 heavy (non-hydrogen) atoms. The second-order valence-corrected chi connectivity index (χ2v) is 5.06. The van der Waals surface area contributed by atoms with Crippen molar-refractivity contribution in [1.29, 1.82) is 0 Å². The van der Waals surface area contributed by atoms with Crippen LogP contribution in [0.1, 0.15) is 19.3 Å². The van der Waals surface area contributed by atoms with Gasteiger partial charge in [-0.25, -0.2) is 4.98 Å². The quantitative estimate of drug-likeness (QED) is 0.595. The van der Waals surface area contributed by atoms with E-state index in [0.29, 0.717) is 10.9 Å². The molecule has 2 rings (SSSR count). The average Bonchev–Trinajstić information content (AvgIpc) is 2.95. The molecule has 1 heterocycles. The maximum atomic E-state index is 11.0. The van der Waals surface area contributed by atoms with Gasteiger partial charge in [-0.05, 0) is 18.3 Å². The molecule has 1 fully saturated rings. The summed E-state index contributed by atoms with van der Waals surface area (Å²) in [6.45, 7) is 0. The molecule has 1 saturated carbocycles. The Morgan fingerprint density at radius 3 is 2.94 bits per heavy atom. The van der Waals surface area contributed by atoms with Gasteiger partial charge in [0, 0.05) is 18.0 Å². The van der Waals surface area contributed by atoms with Gasteiger partial charge in [0.05, 0.1) is 6.42 Å². The summed E-state index contributed by atoms with van der Waals surface area (Å²) >= 11 is 1.42. The van der Waals surface area contributed by atoms with E-state index in [2.05, 4.69) is 9.97 Å². The molecule has 86 valence electrons. The third-order valence-corrected chi connectivity index (χ3v) is 3.88. The molecule has 0 atom stereocenters. The standard InChI is InChI=1S/C10H12N2O3S/c13-7-1-4-11-9(12-7)16-6-10(2-3-10)5-8(14)15/h1,4H,2-3,5-6H2,(H,14,15)(H,11,12,13). The van der Waals surface area contributed by atoms with Gasteiger partial charge in [0.25, 0.3) is 5.56 Å². The Morgan fingerprint density at radius 1 is 1.62 bits per heavy atom. The minimum Gasteiger partial charge on any atom is -0.481 e. The summed E-state index contributed by atoms with van der Waals surface area (Å²) in [5, 5.41) is 9.31. The van der Waals surface area contributed by atoms with E-state index in [1.165, 1.54) is 24.0 Å². The zero-order valence-electron chi connectivity index (χ0n) is 8.60. The number of carboxylic acids is 1. The van der Waals surface area contributed by atoms with Gasteiger partial charge in [0.2, 0.25) is 0 Å². The highest BCUT2D eigenvalue weighted by Gasteiger charge is 2.44. The lowest BCUT2D eigenvalue weighted by Gasteiger charge is -2.10. The average molecular weight is 240 g/mol. The summed E-state index contributed by atoms with van der Waals surface area (Å²) in [6.07, 6.45) is 3.56. The predicted octanol–water partition coefficient (Wildman–Crippen LogP) is 1.12. The molecule has 0 amide bonds. The monoisotopic (exact) mass is 240 g/mol. The molecule has 5 nitrogen and oxygen atoms in total. The van der Waals surface area contributed by atoms with Crippen molar-refractivity contribution in [3.8, 4) is 0 Å². The fourth-order valence-electron chi connectivity index (χ4n) is 1.52. The molecule has 0 spiro atoms. The fraction of sp³-hybridized carbons (Fsp3) is 0.500. The number of hydrogen-bond acceptors (Lipinski definition) is 4. The van der Waals surface area contributed by atoms with E-state index in [0.717, 1.165) is 12.8 Å². The van der Waals surface area contributed by atoms with Gasteiger partial charge in [0.1, 0.15) is 0 Å². The number of rotatable bonds is 5. The Bertz CT molecular complexity index is 453. The van der Waals surface area contributed by atoms with Crippen LogP contribution in [0.4, 0.5) is 0 Å². The van der Waals surface area contributed by atoms with Crippen molar-refractivity contribution in [3.63, 3.8) is 0 Å². The van der Waals surface area contributed by atoms with E-state index in [1.807, 2.05) is 0 Å². The van der Waals surface area contributed by atoms with Crippen molar-refractivity contribution < 1.29 is 9.90 Å². The van der Waals surface area contributed by atoms with Gasteiger partial charge < -0.3 is 10.1 Å². The summed E-state index contributed by atoms with van der Waals surface area (Å²) in [7, 11) is 0. The van der Waals surface area contributed by atoms with Crippen LogP contribution in [-0.2, 0) is 4.79 Å². The van der Waals surface area contributed by atoms with Crippen LogP contribution in [0, 0.1) is 5.41 Å². The molecule has 6 heteroatoms. The summed E-state index contributed by atoms with van der Waals surface area (Å²) < 4.78 is 0. The van der Waals surface area contributed by atoms with Gasteiger partial charge in [-0.2, -0.15) is 0 Å². The van der Waals surface area contributed by atoms with Crippen LogP contribution >= 0.6 is 11.8 Å². The number of thioether (sulfide) groups is 1. The van der Waals surface area contributed by atoms with Crippen LogP contribution in [0.25, 0.3) is 0 Å². The first kappa shape index (κ1) is 11.2. The van der Waals surface area contributed by atoms with Gasteiger partial charge in [-0.15, -0.1) is 0 Å². The van der Waals surface area contributed by atoms with Crippen molar-refractivity contribution in [2.24, 2.45) is 5.41 Å². The lowest BCUT2D eigenvalue weighted by atomic mass is 10.1. The number of hydrogen-bond donors (Lipinski definition) is 2. The number of aromatic amines is 1. The molecule has 1 aliphatic carbocycles. The highest BCUT2D eigenvalue weighted by atomic mass is 32.2. The van der Waals surface area contributed by atoms with E-state index < -0.39 is 5.97 Å². The molecule has 1 aliphatic rings. The zero-order chi connectivity index (χ0) is 11.6. The molecule has 2 N–H and O–H groups in total. The molecule has 1 aromatic rings. The molecule has 0 bridgehead atoms. The largest absolute Gasteiger partial charge is 0.481 e. The Morgan fingerprint density at radius 2 is 2.38 bits per heavy atom. The normalized spacial score (nSPS) is 17.0. The number of aliphatic carboxylic acids is 1. The van der Waals surface area contributed by atoms with Crippen molar-refractivity contribution in [2.45, 2.75) is 24.4 Å². The molecular formula is C10H12N2O3S. The minimum atomic E-state index is -0.757. The third-order valence-electron chi connectivity index (χ3n) is 2.65. The van der Waals surface area contributed by atoms with Crippen LogP contribution in [-0.4, -0.2) is 26.8 Å².